The molecule has 0 bridgehead atoms. The average Bonchev–Trinajstić information content (AvgIpc) is 3.13. The van der Waals surface area contributed by atoms with Crippen LogP contribution in [0.5, 0.6) is 5.75 Å². The van der Waals surface area contributed by atoms with Crippen molar-refractivity contribution in [3.8, 4) is 16.9 Å². The van der Waals surface area contributed by atoms with Crippen molar-refractivity contribution in [3.63, 3.8) is 0 Å². The summed E-state index contributed by atoms with van der Waals surface area (Å²) in [5.41, 5.74) is 2.03. The number of rotatable bonds is 6. The number of hydrogen-bond donors (Lipinski definition) is 0. The molecule has 4 nitrogen and oxygen atoms in total. The molecule has 4 heteroatoms. The van der Waals surface area contributed by atoms with Gasteiger partial charge in [-0.1, -0.05) is 48.5 Å². The van der Waals surface area contributed by atoms with Crippen molar-refractivity contribution in [2.75, 3.05) is 13.7 Å². The zero-order valence-corrected chi connectivity index (χ0v) is 13.5. The van der Waals surface area contributed by atoms with Gasteiger partial charge in [-0.05, 0) is 23.8 Å². The van der Waals surface area contributed by atoms with E-state index in [9.17, 15) is 4.79 Å². The maximum atomic E-state index is 12.2. The van der Waals surface area contributed by atoms with Crippen LogP contribution in [-0.2, 0) is 11.3 Å². The molecule has 0 N–H and O–H groups in total. The monoisotopic (exact) mass is 321 g/mol. The molecule has 0 saturated carbocycles. The first-order valence-corrected chi connectivity index (χ1v) is 7.77. The van der Waals surface area contributed by atoms with Gasteiger partial charge in [0.2, 0.25) is 0 Å². The van der Waals surface area contributed by atoms with Crippen molar-refractivity contribution in [3.05, 3.63) is 78.8 Å². The first-order chi connectivity index (χ1) is 11.7. The summed E-state index contributed by atoms with van der Waals surface area (Å²) in [5.74, 6) is 1.34. The van der Waals surface area contributed by atoms with Crippen LogP contribution < -0.4 is 4.74 Å². The second kappa shape index (κ2) is 7.51. The van der Waals surface area contributed by atoms with E-state index in [-0.39, 0.29) is 12.5 Å². The number of benzene rings is 2. The van der Waals surface area contributed by atoms with E-state index in [1.54, 1.807) is 24.3 Å². The summed E-state index contributed by atoms with van der Waals surface area (Å²) in [7, 11) is 1.73. The number of carbonyl (C=O) groups is 1. The Bertz CT molecular complexity index is 782. The minimum absolute atomic E-state index is 0.0128. The Hall–Kier alpha value is -3.01. The van der Waals surface area contributed by atoms with Crippen LogP contribution >= 0.6 is 0 Å². The summed E-state index contributed by atoms with van der Waals surface area (Å²) in [5, 5.41) is 0. The van der Waals surface area contributed by atoms with Crippen LogP contribution in [0.1, 0.15) is 5.76 Å². The smallest absolute Gasteiger partial charge is 0.260 e. The minimum Gasteiger partial charge on any atom is -0.483 e. The zero-order chi connectivity index (χ0) is 16.8. The lowest BCUT2D eigenvalue weighted by atomic mass is 10.1. The van der Waals surface area contributed by atoms with Crippen molar-refractivity contribution in [2.45, 2.75) is 6.54 Å². The maximum Gasteiger partial charge on any atom is 0.260 e. The first-order valence-electron chi connectivity index (χ1n) is 7.77. The summed E-state index contributed by atoms with van der Waals surface area (Å²) in [4.78, 5) is 13.8. The molecule has 3 aromatic rings. The SMILES string of the molecule is CN(Cc1ccco1)C(=O)COc1ccccc1-c1ccccc1. The number of para-hydroxylation sites is 1. The van der Waals surface area contributed by atoms with Gasteiger partial charge in [0.1, 0.15) is 11.5 Å². The van der Waals surface area contributed by atoms with Gasteiger partial charge in [-0.25, -0.2) is 0 Å². The van der Waals surface area contributed by atoms with Gasteiger partial charge in [0.15, 0.2) is 6.61 Å². The topological polar surface area (TPSA) is 42.7 Å². The van der Waals surface area contributed by atoms with Gasteiger partial charge in [-0.15, -0.1) is 0 Å². The molecule has 122 valence electrons. The fourth-order valence-electron chi connectivity index (χ4n) is 2.42. The average molecular weight is 321 g/mol. The van der Waals surface area contributed by atoms with E-state index in [4.69, 9.17) is 9.15 Å². The van der Waals surface area contributed by atoms with Crippen LogP contribution in [0.2, 0.25) is 0 Å². The number of hydrogen-bond acceptors (Lipinski definition) is 3. The predicted octanol–water partition coefficient (Wildman–Crippen LogP) is 3.98. The fourth-order valence-corrected chi connectivity index (χ4v) is 2.42. The first kappa shape index (κ1) is 15.9. The van der Waals surface area contributed by atoms with Crippen molar-refractivity contribution >= 4 is 5.91 Å². The van der Waals surface area contributed by atoms with Gasteiger partial charge >= 0.3 is 0 Å². The normalized spacial score (nSPS) is 10.4. The summed E-state index contributed by atoms with van der Waals surface area (Å²) in [6.45, 7) is 0.413. The van der Waals surface area contributed by atoms with Crippen LogP contribution in [0.25, 0.3) is 11.1 Å². The molecule has 0 atom stereocenters. The summed E-state index contributed by atoms with van der Waals surface area (Å²) in [6, 6.07) is 21.3. The van der Waals surface area contributed by atoms with E-state index in [0.29, 0.717) is 12.3 Å². The Kier molecular flexibility index (Phi) is 4.96. The van der Waals surface area contributed by atoms with E-state index < -0.39 is 0 Å². The second-order valence-electron chi connectivity index (χ2n) is 5.48. The van der Waals surface area contributed by atoms with Crippen LogP contribution in [-0.4, -0.2) is 24.5 Å². The van der Waals surface area contributed by atoms with Crippen LogP contribution in [0, 0.1) is 0 Å². The fraction of sp³-hybridized carbons (Fsp3) is 0.150. The molecule has 0 aliphatic heterocycles. The van der Waals surface area contributed by atoms with Gasteiger partial charge in [-0.2, -0.15) is 0 Å². The highest BCUT2D eigenvalue weighted by molar-refractivity contribution is 5.78. The quantitative estimate of drug-likeness (QED) is 0.689. The molecular formula is C20H19NO3. The lowest BCUT2D eigenvalue weighted by Crippen LogP contribution is -2.30. The number of likely N-dealkylation sites (N-methyl/N-ethyl adjacent to an activating group) is 1. The van der Waals surface area contributed by atoms with Crippen molar-refractivity contribution in [2.24, 2.45) is 0 Å². The highest BCUT2D eigenvalue weighted by atomic mass is 16.5. The molecule has 24 heavy (non-hydrogen) atoms. The van der Waals surface area contributed by atoms with E-state index in [1.807, 2.05) is 60.7 Å². The predicted molar refractivity (Wildman–Crippen MR) is 92.6 cm³/mol. The van der Waals surface area contributed by atoms with E-state index >= 15 is 0 Å². The number of furan rings is 1. The summed E-state index contributed by atoms with van der Waals surface area (Å²) >= 11 is 0. The van der Waals surface area contributed by atoms with Gasteiger partial charge in [0.05, 0.1) is 12.8 Å². The third-order valence-corrected chi connectivity index (χ3v) is 3.72. The maximum absolute atomic E-state index is 12.2. The Morgan fingerprint density at radius 3 is 2.50 bits per heavy atom. The van der Waals surface area contributed by atoms with Crippen molar-refractivity contribution in [1.82, 2.24) is 4.90 Å². The molecule has 0 unspecified atom stereocenters. The number of carbonyl (C=O) groups excluding carboxylic acids is 1. The molecule has 1 amide bonds. The Balaban J connectivity index is 1.65. The molecule has 0 fully saturated rings. The molecule has 0 aliphatic rings. The highest BCUT2D eigenvalue weighted by Gasteiger charge is 2.13. The highest BCUT2D eigenvalue weighted by Crippen LogP contribution is 2.29. The Morgan fingerprint density at radius 2 is 1.75 bits per heavy atom. The molecule has 3 rings (SSSR count). The van der Waals surface area contributed by atoms with Crippen molar-refractivity contribution in [1.29, 1.82) is 0 Å². The largest absolute Gasteiger partial charge is 0.483 e. The number of amides is 1. The second-order valence-corrected chi connectivity index (χ2v) is 5.48. The number of ether oxygens (including phenoxy) is 1. The van der Waals surface area contributed by atoms with Crippen LogP contribution in [0.15, 0.2) is 77.4 Å². The van der Waals surface area contributed by atoms with Crippen molar-refractivity contribution < 1.29 is 13.9 Å². The molecule has 1 heterocycles. The lowest BCUT2D eigenvalue weighted by Gasteiger charge is -2.17. The molecule has 0 spiro atoms. The molecule has 0 aliphatic carbocycles. The number of nitrogens with zero attached hydrogens (tertiary/aromatic N) is 1. The van der Waals surface area contributed by atoms with Crippen LogP contribution in [0.4, 0.5) is 0 Å². The minimum atomic E-state index is -0.103. The molecule has 0 radical (unpaired) electrons. The van der Waals surface area contributed by atoms with Gasteiger partial charge in [0.25, 0.3) is 5.91 Å². The van der Waals surface area contributed by atoms with E-state index in [2.05, 4.69) is 0 Å². The van der Waals surface area contributed by atoms with Gasteiger partial charge in [0, 0.05) is 12.6 Å². The zero-order valence-electron chi connectivity index (χ0n) is 13.5. The third-order valence-electron chi connectivity index (χ3n) is 3.72. The lowest BCUT2D eigenvalue weighted by molar-refractivity contribution is -0.132. The third kappa shape index (κ3) is 3.84. The molecule has 0 saturated heterocycles. The van der Waals surface area contributed by atoms with E-state index in [1.165, 1.54) is 0 Å². The summed E-state index contributed by atoms with van der Waals surface area (Å²) < 4.78 is 11.0. The van der Waals surface area contributed by atoms with Gasteiger partial charge < -0.3 is 14.1 Å². The Labute approximate surface area is 141 Å². The molecular weight excluding hydrogens is 302 g/mol. The summed E-state index contributed by atoms with van der Waals surface area (Å²) in [6.07, 6.45) is 1.60. The van der Waals surface area contributed by atoms with Gasteiger partial charge in [-0.3, -0.25) is 4.79 Å². The van der Waals surface area contributed by atoms with E-state index in [0.717, 1.165) is 16.9 Å². The standard InChI is InChI=1S/C20H19NO3/c1-21(14-17-10-7-13-23-17)20(22)15-24-19-12-6-5-11-18(19)16-8-3-2-4-9-16/h2-13H,14-15H2,1H3. The molecule has 2 aromatic carbocycles. The molecule has 1 aromatic heterocycles. The van der Waals surface area contributed by atoms with Crippen LogP contribution in [0.3, 0.4) is 0 Å². The Morgan fingerprint density at radius 1 is 1.00 bits per heavy atom.